The lowest BCUT2D eigenvalue weighted by Crippen LogP contribution is -2.59. The van der Waals surface area contributed by atoms with Gasteiger partial charge in [-0.25, -0.2) is 4.39 Å². The zero-order valence-electron chi connectivity index (χ0n) is 15.5. The minimum Gasteiger partial charge on any atom is -0.363 e. The van der Waals surface area contributed by atoms with Crippen molar-refractivity contribution in [3.05, 3.63) is 30.1 Å². The van der Waals surface area contributed by atoms with Crippen LogP contribution in [0.4, 0.5) is 10.1 Å². The van der Waals surface area contributed by atoms with E-state index in [2.05, 4.69) is 0 Å². The van der Waals surface area contributed by atoms with Crippen LogP contribution >= 0.6 is 0 Å². The molecule has 3 rings (SSSR count). The predicted molar refractivity (Wildman–Crippen MR) is 97.3 cm³/mol. The fourth-order valence-corrected chi connectivity index (χ4v) is 3.90. The molecule has 0 aliphatic carbocycles. The van der Waals surface area contributed by atoms with E-state index < -0.39 is 5.60 Å². The molecule has 2 aliphatic rings. The van der Waals surface area contributed by atoms with Crippen LogP contribution in [0, 0.1) is 11.7 Å². The van der Waals surface area contributed by atoms with E-state index in [-0.39, 0.29) is 30.2 Å². The maximum Gasteiger partial charge on any atom is 0.253 e. The van der Waals surface area contributed by atoms with Crippen LogP contribution in [0.25, 0.3) is 0 Å². The van der Waals surface area contributed by atoms with Gasteiger partial charge >= 0.3 is 0 Å². The number of likely N-dealkylation sites (tertiary alicyclic amines) is 1. The molecule has 0 unspecified atom stereocenters. The molecule has 26 heavy (non-hydrogen) atoms. The SMILES string of the molecule is CCC(CC)C(=O)N1CCC2(CC1)CN(c1ccc(F)cc1)C(=O)CO2. The first-order valence-electron chi connectivity index (χ1n) is 9.46. The van der Waals surface area contributed by atoms with Gasteiger partial charge in [0.25, 0.3) is 5.91 Å². The number of anilines is 1. The molecule has 2 aliphatic heterocycles. The van der Waals surface area contributed by atoms with Crippen LogP contribution in [-0.2, 0) is 14.3 Å². The molecule has 0 bridgehead atoms. The van der Waals surface area contributed by atoms with Crippen LogP contribution in [-0.4, -0.2) is 48.6 Å². The molecule has 2 heterocycles. The third-order valence-electron chi connectivity index (χ3n) is 5.71. The van der Waals surface area contributed by atoms with Gasteiger partial charge in [0.2, 0.25) is 5.91 Å². The summed E-state index contributed by atoms with van der Waals surface area (Å²) in [5.41, 5.74) is 0.266. The van der Waals surface area contributed by atoms with Crippen molar-refractivity contribution in [2.75, 3.05) is 31.1 Å². The number of carbonyl (C=O) groups excluding carboxylic acids is 2. The van der Waals surface area contributed by atoms with Gasteiger partial charge in [-0.15, -0.1) is 0 Å². The van der Waals surface area contributed by atoms with Gasteiger partial charge in [-0.3, -0.25) is 9.59 Å². The van der Waals surface area contributed by atoms with E-state index in [4.69, 9.17) is 4.74 Å². The summed E-state index contributed by atoms with van der Waals surface area (Å²) in [5, 5.41) is 0. The van der Waals surface area contributed by atoms with Crippen LogP contribution in [0.15, 0.2) is 24.3 Å². The highest BCUT2D eigenvalue weighted by Crippen LogP contribution is 2.33. The third-order valence-corrected chi connectivity index (χ3v) is 5.71. The van der Waals surface area contributed by atoms with Crippen LogP contribution in [0.3, 0.4) is 0 Å². The summed E-state index contributed by atoms with van der Waals surface area (Å²) >= 11 is 0. The van der Waals surface area contributed by atoms with Gasteiger partial charge in [-0.1, -0.05) is 13.8 Å². The fraction of sp³-hybridized carbons (Fsp3) is 0.600. The number of piperidine rings is 1. The van der Waals surface area contributed by atoms with Crippen molar-refractivity contribution in [3.63, 3.8) is 0 Å². The van der Waals surface area contributed by atoms with Gasteiger partial charge in [0.05, 0.1) is 12.1 Å². The quantitative estimate of drug-likeness (QED) is 0.827. The largest absolute Gasteiger partial charge is 0.363 e. The van der Waals surface area contributed by atoms with Gasteiger partial charge in [0, 0.05) is 24.7 Å². The Morgan fingerprint density at radius 3 is 2.38 bits per heavy atom. The van der Waals surface area contributed by atoms with Crippen LogP contribution in [0.2, 0.25) is 0 Å². The average Bonchev–Trinajstić information content (AvgIpc) is 2.66. The number of morpholine rings is 1. The van der Waals surface area contributed by atoms with Crippen molar-refractivity contribution in [2.24, 2.45) is 5.92 Å². The molecular formula is C20H27FN2O3. The second-order valence-corrected chi connectivity index (χ2v) is 7.27. The van der Waals surface area contributed by atoms with E-state index in [0.717, 1.165) is 12.8 Å². The second kappa shape index (κ2) is 7.74. The zero-order valence-corrected chi connectivity index (χ0v) is 15.5. The Hall–Kier alpha value is -1.95. The first kappa shape index (κ1) is 18.8. The highest BCUT2D eigenvalue weighted by molar-refractivity contribution is 5.95. The molecule has 1 spiro atoms. The monoisotopic (exact) mass is 362 g/mol. The number of ether oxygens (including phenoxy) is 1. The number of nitrogens with zero attached hydrogens (tertiary/aromatic N) is 2. The van der Waals surface area contributed by atoms with E-state index in [0.29, 0.717) is 38.2 Å². The molecule has 0 radical (unpaired) electrons. The van der Waals surface area contributed by atoms with Crippen molar-refractivity contribution in [1.82, 2.24) is 4.90 Å². The number of hydrogen-bond acceptors (Lipinski definition) is 3. The fourth-order valence-electron chi connectivity index (χ4n) is 3.90. The molecular weight excluding hydrogens is 335 g/mol. The predicted octanol–water partition coefficient (Wildman–Crippen LogP) is 2.99. The van der Waals surface area contributed by atoms with Crippen molar-refractivity contribution in [3.8, 4) is 0 Å². The smallest absolute Gasteiger partial charge is 0.253 e. The van der Waals surface area contributed by atoms with Gasteiger partial charge in [0.1, 0.15) is 12.4 Å². The third kappa shape index (κ3) is 3.75. The number of hydrogen-bond donors (Lipinski definition) is 0. The Balaban J connectivity index is 1.67. The first-order valence-corrected chi connectivity index (χ1v) is 9.46. The van der Waals surface area contributed by atoms with E-state index in [1.54, 1.807) is 17.0 Å². The maximum absolute atomic E-state index is 13.2. The number of benzene rings is 1. The molecule has 1 aromatic rings. The Morgan fingerprint density at radius 2 is 1.81 bits per heavy atom. The Labute approximate surface area is 154 Å². The molecule has 142 valence electrons. The maximum atomic E-state index is 13.2. The summed E-state index contributed by atoms with van der Waals surface area (Å²) in [5.74, 6) is -0.115. The molecule has 6 heteroatoms. The summed E-state index contributed by atoms with van der Waals surface area (Å²) < 4.78 is 19.1. The Morgan fingerprint density at radius 1 is 1.19 bits per heavy atom. The molecule has 1 aromatic carbocycles. The second-order valence-electron chi connectivity index (χ2n) is 7.27. The normalized spacial score (nSPS) is 20.1. The van der Waals surface area contributed by atoms with Gasteiger partial charge in [0.15, 0.2) is 0 Å². The number of carbonyl (C=O) groups is 2. The average molecular weight is 362 g/mol. The molecule has 2 amide bonds. The number of rotatable bonds is 4. The summed E-state index contributed by atoms with van der Waals surface area (Å²) in [6, 6.07) is 5.97. The van der Waals surface area contributed by atoms with Crippen LogP contribution in [0.1, 0.15) is 39.5 Å². The number of amides is 2. The molecule has 5 nitrogen and oxygen atoms in total. The lowest BCUT2D eigenvalue weighted by Gasteiger charge is -2.47. The minimum absolute atomic E-state index is 0.0257. The summed E-state index contributed by atoms with van der Waals surface area (Å²) in [4.78, 5) is 28.5. The number of halogens is 1. The van der Waals surface area contributed by atoms with Crippen molar-refractivity contribution in [1.29, 1.82) is 0 Å². The molecule has 2 fully saturated rings. The zero-order chi connectivity index (χ0) is 18.7. The Kier molecular flexibility index (Phi) is 5.61. The summed E-state index contributed by atoms with van der Waals surface area (Å²) in [7, 11) is 0. The summed E-state index contributed by atoms with van der Waals surface area (Å²) in [6.45, 7) is 5.88. The molecule has 0 atom stereocenters. The van der Waals surface area contributed by atoms with E-state index in [1.165, 1.54) is 12.1 Å². The lowest BCUT2D eigenvalue weighted by atomic mass is 9.88. The van der Waals surface area contributed by atoms with Crippen LogP contribution < -0.4 is 4.90 Å². The highest BCUT2D eigenvalue weighted by atomic mass is 19.1. The molecule has 2 saturated heterocycles. The highest BCUT2D eigenvalue weighted by Gasteiger charge is 2.43. The molecule has 0 aromatic heterocycles. The Bertz CT molecular complexity index is 650. The molecule has 0 saturated carbocycles. The topological polar surface area (TPSA) is 49.9 Å². The summed E-state index contributed by atoms with van der Waals surface area (Å²) in [6.07, 6.45) is 3.15. The lowest BCUT2D eigenvalue weighted by molar-refractivity contribution is -0.152. The molecule has 0 N–H and O–H groups in total. The van der Waals surface area contributed by atoms with E-state index >= 15 is 0 Å². The van der Waals surface area contributed by atoms with Crippen molar-refractivity contribution < 1.29 is 18.7 Å². The van der Waals surface area contributed by atoms with E-state index in [9.17, 15) is 14.0 Å². The van der Waals surface area contributed by atoms with Crippen molar-refractivity contribution >= 4 is 17.5 Å². The van der Waals surface area contributed by atoms with Gasteiger partial charge < -0.3 is 14.5 Å². The first-order chi connectivity index (χ1) is 12.5. The van der Waals surface area contributed by atoms with Crippen molar-refractivity contribution in [2.45, 2.75) is 45.1 Å². The van der Waals surface area contributed by atoms with E-state index in [1.807, 2.05) is 18.7 Å². The van der Waals surface area contributed by atoms with Gasteiger partial charge in [-0.2, -0.15) is 0 Å². The minimum atomic E-state index is -0.424. The van der Waals surface area contributed by atoms with Crippen LogP contribution in [0.5, 0.6) is 0 Å². The van der Waals surface area contributed by atoms with Gasteiger partial charge in [-0.05, 0) is 49.9 Å². The standard InChI is InChI=1S/C20H27FN2O3/c1-3-15(4-2)19(25)22-11-9-20(10-12-22)14-23(18(24)13-26-20)17-7-5-16(21)6-8-17/h5-8,15H,3-4,9-14H2,1-2H3.